The van der Waals surface area contributed by atoms with Crippen LogP contribution in [0.3, 0.4) is 0 Å². The van der Waals surface area contributed by atoms with Crippen LogP contribution in [0.1, 0.15) is 11.7 Å². The van der Waals surface area contributed by atoms with Gasteiger partial charge >= 0.3 is 0 Å². The van der Waals surface area contributed by atoms with Gasteiger partial charge in [-0.25, -0.2) is 13.4 Å². The normalized spacial score (nSPS) is 13.1. The largest absolute Gasteiger partial charge is 0.497 e. The number of hydrogen-bond acceptors (Lipinski definition) is 5. The Morgan fingerprint density at radius 1 is 1.26 bits per heavy atom. The van der Waals surface area contributed by atoms with Crippen LogP contribution in [0.25, 0.3) is 0 Å². The quantitative estimate of drug-likeness (QED) is 0.802. The summed E-state index contributed by atoms with van der Waals surface area (Å²) in [6.07, 6.45) is 0.231. The molecule has 1 atom stereocenters. The van der Waals surface area contributed by atoms with Crippen LogP contribution in [0, 0.1) is 0 Å². The predicted molar refractivity (Wildman–Crippen MR) is 87.0 cm³/mol. The highest BCUT2D eigenvalue weighted by Gasteiger charge is 2.24. The molecular formula is C15H17ClN2O4S. The summed E-state index contributed by atoms with van der Waals surface area (Å²) in [7, 11) is -0.797. The van der Waals surface area contributed by atoms with Crippen LogP contribution in [-0.4, -0.2) is 43.5 Å². The summed E-state index contributed by atoms with van der Waals surface area (Å²) in [5.41, 5.74) is 0.599. The third kappa shape index (κ3) is 4.20. The number of pyridine rings is 1. The molecule has 0 saturated carbocycles. The maximum Gasteiger partial charge on any atom is 0.244 e. The summed E-state index contributed by atoms with van der Waals surface area (Å²) in [4.78, 5) is 3.79. The van der Waals surface area contributed by atoms with Crippen LogP contribution >= 0.6 is 11.6 Å². The lowest BCUT2D eigenvalue weighted by molar-refractivity contribution is 0.155. The second-order valence-corrected chi connectivity index (χ2v) is 7.32. The third-order valence-electron chi connectivity index (χ3n) is 3.34. The number of nitrogens with zero attached hydrogens (tertiary/aromatic N) is 2. The van der Waals surface area contributed by atoms with Gasteiger partial charge in [0.1, 0.15) is 15.8 Å². The molecule has 1 heterocycles. The van der Waals surface area contributed by atoms with E-state index >= 15 is 0 Å². The van der Waals surface area contributed by atoms with Gasteiger partial charge in [-0.05, 0) is 29.8 Å². The molecule has 0 aliphatic carbocycles. The van der Waals surface area contributed by atoms with E-state index in [0.717, 1.165) is 4.31 Å². The number of benzene rings is 1. The smallest absolute Gasteiger partial charge is 0.244 e. The van der Waals surface area contributed by atoms with Gasteiger partial charge in [0.2, 0.25) is 10.0 Å². The van der Waals surface area contributed by atoms with Crippen molar-refractivity contribution < 1.29 is 18.3 Å². The number of rotatable bonds is 6. The summed E-state index contributed by atoms with van der Waals surface area (Å²) >= 11 is 5.66. The molecule has 1 aromatic carbocycles. The Hall–Kier alpha value is -1.67. The van der Waals surface area contributed by atoms with Crippen molar-refractivity contribution in [2.75, 3.05) is 20.7 Å². The molecule has 0 bridgehead atoms. The first-order chi connectivity index (χ1) is 10.8. The van der Waals surface area contributed by atoms with E-state index in [2.05, 4.69) is 4.98 Å². The highest BCUT2D eigenvalue weighted by Crippen LogP contribution is 2.21. The molecule has 0 fully saturated rings. The Morgan fingerprint density at radius 2 is 1.91 bits per heavy atom. The molecule has 0 amide bonds. The lowest BCUT2D eigenvalue weighted by Gasteiger charge is -2.21. The molecule has 2 aromatic rings. The van der Waals surface area contributed by atoms with Crippen LogP contribution in [0.4, 0.5) is 0 Å². The Bertz CT molecular complexity index is 748. The molecule has 8 heteroatoms. The van der Waals surface area contributed by atoms with Crippen molar-refractivity contribution in [3.05, 3.63) is 53.3 Å². The van der Waals surface area contributed by atoms with Gasteiger partial charge in [0.25, 0.3) is 0 Å². The SMILES string of the molecule is COc1ccc(C(O)CN(C)S(=O)(=O)c2ccc(Cl)nc2)cc1. The minimum atomic E-state index is -3.74. The van der Waals surface area contributed by atoms with Crippen molar-refractivity contribution in [3.8, 4) is 5.75 Å². The van der Waals surface area contributed by atoms with Gasteiger partial charge in [0.05, 0.1) is 13.2 Å². The molecule has 23 heavy (non-hydrogen) atoms. The molecule has 6 nitrogen and oxygen atoms in total. The van der Waals surface area contributed by atoms with Crippen molar-refractivity contribution in [3.63, 3.8) is 0 Å². The van der Waals surface area contributed by atoms with E-state index in [1.165, 1.54) is 25.4 Å². The number of methoxy groups -OCH3 is 1. The van der Waals surface area contributed by atoms with Crippen LogP contribution in [0.15, 0.2) is 47.5 Å². The van der Waals surface area contributed by atoms with Gasteiger partial charge in [-0.2, -0.15) is 4.31 Å². The van der Waals surface area contributed by atoms with Crippen molar-refractivity contribution in [2.45, 2.75) is 11.0 Å². The maximum absolute atomic E-state index is 12.4. The summed E-state index contributed by atoms with van der Waals surface area (Å²) in [6, 6.07) is 9.57. The first-order valence-corrected chi connectivity index (χ1v) is 8.56. The Morgan fingerprint density at radius 3 is 2.43 bits per heavy atom. The van der Waals surface area contributed by atoms with Crippen LogP contribution in [0.5, 0.6) is 5.75 Å². The zero-order chi connectivity index (χ0) is 17.0. The minimum Gasteiger partial charge on any atom is -0.497 e. The van der Waals surface area contributed by atoms with Crippen molar-refractivity contribution >= 4 is 21.6 Å². The van der Waals surface area contributed by atoms with Crippen LogP contribution < -0.4 is 4.74 Å². The molecular weight excluding hydrogens is 340 g/mol. The number of hydrogen-bond donors (Lipinski definition) is 1. The van der Waals surface area contributed by atoms with E-state index in [-0.39, 0.29) is 16.6 Å². The van der Waals surface area contributed by atoms with Crippen molar-refractivity contribution in [1.82, 2.24) is 9.29 Å². The molecule has 0 aliphatic rings. The number of halogens is 1. The van der Waals surface area contributed by atoms with E-state index in [1.54, 1.807) is 31.4 Å². The molecule has 2 rings (SSSR count). The standard InChI is InChI=1S/C15H17ClN2O4S/c1-18(23(20,21)13-7-8-15(16)17-9-13)10-14(19)11-3-5-12(22-2)6-4-11/h3-9,14,19H,10H2,1-2H3. The topological polar surface area (TPSA) is 79.7 Å². The number of aliphatic hydroxyl groups is 1. The van der Waals surface area contributed by atoms with Crippen molar-refractivity contribution in [2.24, 2.45) is 0 Å². The maximum atomic E-state index is 12.4. The zero-order valence-corrected chi connectivity index (χ0v) is 14.3. The minimum absolute atomic E-state index is 0.0198. The zero-order valence-electron chi connectivity index (χ0n) is 12.7. The number of sulfonamides is 1. The Balaban J connectivity index is 2.13. The highest BCUT2D eigenvalue weighted by molar-refractivity contribution is 7.89. The van der Waals surface area contributed by atoms with E-state index in [1.807, 2.05) is 0 Å². The van der Waals surface area contributed by atoms with Crippen LogP contribution in [0.2, 0.25) is 5.15 Å². The Labute approximate surface area is 140 Å². The first kappa shape index (κ1) is 17.7. The average molecular weight is 357 g/mol. The van der Waals surface area contributed by atoms with E-state index in [9.17, 15) is 13.5 Å². The molecule has 0 aliphatic heterocycles. The summed E-state index contributed by atoms with van der Waals surface area (Å²) < 4.78 is 31.0. The molecule has 0 spiro atoms. The van der Waals surface area contributed by atoms with Gasteiger partial charge < -0.3 is 9.84 Å². The van der Waals surface area contributed by atoms with Gasteiger partial charge in [-0.1, -0.05) is 23.7 Å². The second kappa shape index (κ2) is 7.27. The number of aliphatic hydroxyl groups excluding tert-OH is 1. The highest BCUT2D eigenvalue weighted by atomic mass is 35.5. The summed E-state index contributed by atoms with van der Waals surface area (Å²) in [6.45, 7) is -0.0860. The monoisotopic (exact) mass is 356 g/mol. The van der Waals surface area contributed by atoms with Crippen LogP contribution in [-0.2, 0) is 10.0 Å². The molecule has 0 radical (unpaired) electrons. The number of aromatic nitrogens is 1. The summed E-state index contributed by atoms with van der Waals surface area (Å²) in [5.74, 6) is 0.661. The molecule has 1 aromatic heterocycles. The lowest BCUT2D eigenvalue weighted by Crippen LogP contribution is -2.31. The average Bonchev–Trinajstić information content (AvgIpc) is 2.55. The van der Waals surface area contributed by atoms with Gasteiger partial charge in [-0.3, -0.25) is 0 Å². The van der Waals surface area contributed by atoms with E-state index in [0.29, 0.717) is 11.3 Å². The van der Waals surface area contributed by atoms with E-state index in [4.69, 9.17) is 16.3 Å². The molecule has 1 unspecified atom stereocenters. The fourth-order valence-corrected chi connectivity index (χ4v) is 3.20. The van der Waals surface area contributed by atoms with E-state index < -0.39 is 16.1 Å². The Kier molecular flexibility index (Phi) is 5.59. The fourth-order valence-electron chi connectivity index (χ4n) is 1.97. The fraction of sp³-hybridized carbons (Fsp3) is 0.267. The lowest BCUT2D eigenvalue weighted by atomic mass is 10.1. The van der Waals surface area contributed by atoms with Gasteiger partial charge in [-0.15, -0.1) is 0 Å². The molecule has 124 valence electrons. The molecule has 1 N–H and O–H groups in total. The van der Waals surface area contributed by atoms with Gasteiger partial charge in [0.15, 0.2) is 0 Å². The second-order valence-electron chi connectivity index (χ2n) is 4.89. The molecule has 0 saturated heterocycles. The van der Waals surface area contributed by atoms with Gasteiger partial charge in [0, 0.05) is 19.8 Å². The number of likely N-dealkylation sites (N-methyl/N-ethyl adjacent to an activating group) is 1. The first-order valence-electron chi connectivity index (χ1n) is 6.74. The van der Waals surface area contributed by atoms with Crippen molar-refractivity contribution in [1.29, 1.82) is 0 Å². The third-order valence-corrected chi connectivity index (χ3v) is 5.37. The summed E-state index contributed by atoms with van der Waals surface area (Å²) in [5, 5.41) is 10.4. The predicted octanol–water partition coefficient (Wildman–Crippen LogP) is 2.10. The number of ether oxygens (including phenoxy) is 1.